The molecule has 2 aliphatic rings. The summed E-state index contributed by atoms with van der Waals surface area (Å²) < 4.78 is 0. The second-order valence-electron chi connectivity index (χ2n) is 13.6. The molecule has 0 bridgehead atoms. The highest BCUT2D eigenvalue weighted by molar-refractivity contribution is 5.43. The lowest BCUT2D eigenvalue weighted by Gasteiger charge is -2.50. The Labute approximate surface area is 232 Å². The van der Waals surface area contributed by atoms with Crippen LogP contribution >= 0.6 is 0 Å². The summed E-state index contributed by atoms with van der Waals surface area (Å²) in [5.74, 6) is 0. The van der Waals surface area contributed by atoms with Crippen LogP contribution in [0.1, 0.15) is 109 Å². The van der Waals surface area contributed by atoms with Crippen LogP contribution in [0.2, 0.25) is 0 Å². The first-order chi connectivity index (χ1) is 18.0. The van der Waals surface area contributed by atoms with E-state index in [0.717, 1.165) is 19.3 Å². The molecule has 38 heavy (non-hydrogen) atoms. The lowest BCUT2D eigenvalue weighted by molar-refractivity contribution is 0.0284. The number of nitrogens with zero attached hydrogens (tertiary/aromatic N) is 2. The molecule has 0 aliphatic carbocycles. The zero-order valence-corrected chi connectivity index (χ0v) is 24.8. The number of hydrogen-bond donors (Lipinski definition) is 0. The van der Waals surface area contributed by atoms with Crippen molar-refractivity contribution in [3.8, 4) is 0 Å². The summed E-state index contributed by atoms with van der Waals surface area (Å²) in [6.07, 6.45) is 5.95. The average molecular weight is 509 g/mol. The summed E-state index contributed by atoms with van der Waals surface area (Å²) in [5, 5.41) is 0. The van der Waals surface area contributed by atoms with E-state index in [1.807, 2.05) is 0 Å². The summed E-state index contributed by atoms with van der Waals surface area (Å²) in [5.41, 5.74) is 5.90. The highest BCUT2D eigenvalue weighted by Gasteiger charge is 2.53. The van der Waals surface area contributed by atoms with Crippen LogP contribution in [0.3, 0.4) is 0 Å². The summed E-state index contributed by atoms with van der Waals surface area (Å²) in [4.78, 5) is 5.59. The van der Waals surface area contributed by atoms with Crippen molar-refractivity contribution in [2.75, 3.05) is 6.54 Å². The normalized spacial score (nSPS) is 24.7. The van der Waals surface area contributed by atoms with Crippen LogP contribution in [0.5, 0.6) is 0 Å². The molecule has 2 heteroatoms. The Morgan fingerprint density at radius 2 is 1.24 bits per heavy atom. The van der Waals surface area contributed by atoms with Gasteiger partial charge in [0.25, 0.3) is 0 Å². The average Bonchev–Trinajstić information content (AvgIpc) is 3.54. The Kier molecular flexibility index (Phi) is 7.12. The van der Waals surface area contributed by atoms with Gasteiger partial charge in [0, 0.05) is 22.7 Å². The van der Waals surface area contributed by atoms with Crippen LogP contribution < -0.4 is 0 Å². The molecule has 2 nitrogen and oxygen atoms in total. The molecule has 3 aromatic carbocycles. The zero-order chi connectivity index (χ0) is 27.2. The van der Waals surface area contributed by atoms with Crippen LogP contribution in [0.15, 0.2) is 84.9 Å². The van der Waals surface area contributed by atoms with E-state index in [0.29, 0.717) is 6.04 Å². The van der Waals surface area contributed by atoms with Crippen molar-refractivity contribution < 1.29 is 0 Å². The second-order valence-corrected chi connectivity index (χ2v) is 13.6. The molecule has 0 spiro atoms. The Hall–Kier alpha value is -2.42. The van der Waals surface area contributed by atoms with E-state index < -0.39 is 0 Å². The number of likely N-dealkylation sites (tertiary alicyclic amines) is 2. The summed E-state index contributed by atoms with van der Waals surface area (Å²) in [6, 6.07) is 32.7. The number of hydrogen-bond acceptors (Lipinski definition) is 2. The van der Waals surface area contributed by atoms with Crippen molar-refractivity contribution >= 4 is 0 Å². The smallest absolute Gasteiger partial charge is 0.0725 e. The van der Waals surface area contributed by atoms with Crippen LogP contribution in [-0.2, 0) is 11.1 Å². The quantitative estimate of drug-likeness (QED) is 0.339. The van der Waals surface area contributed by atoms with E-state index in [1.54, 1.807) is 0 Å². The predicted molar refractivity (Wildman–Crippen MR) is 161 cm³/mol. The van der Waals surface area contributed by atoms with E-state index in [9.17, 15) is 0 Å². The van der Waals surface area contributed by atoms with Crippen molar-refractivity contribution in [2.24, 2.45) is 0 Å². The Morgan fingerprint density at radius 3 is 1.71 bits per heavy atom. The Bertz CT molecular complexity index is 1160. The minimum atomic E-state index is -0.150. The predicted octanol–water partition coefficient (Wildman–Crippen LogP) is 9.07. The molecule has 0 amide bonds. The van der Waals surface area contributed by atoms with E-state index in [2.05, 4.69) is 143 Å². The largest absolute Gasteiger partial charge is 0.289 e. The topological polar surface area (TPSA) is 6.48 Å². The Balaban J connectivity index is 1.58. The van der Waals surface area contributed by atoms with Gasteiger partial charge >= 0.3 is 0 Å². The number of benzene rings is 3. The molecule has 3 aromatic rings. The number of rotatable bonds is 5. The summed E-state index contributed by atoms with van der Waals surface area (Å²) >= 11 is 0. The maximum absolute atomic E-state index is 2.83. The highest BCUT2D eigenvalue weighted by Crippen LogP contribution is 2.55. The molecule has 0 radical (unpaired) electrons. The lowest BCUT2D eigenvalue weighted by Crippen LogP contribution is -2.53. The van der Waals surface area contributed by atoms with Crippen molar-refractivity contribution in [3.63, 3.8) is 0 Å². The lowest BCUT2D eigenvalue weighted by atomic mass is 9.78. The first kappa shape index (κ1) is 27.2. The van der Waals surface area contributed by atoms with Gasteiger partial charge in [0.15, 0.2) is 0 Å². The van der Waals surface area contributed by atoms with Crippen LogP contribution in [0, 0.1) is 0 Å². The van der Waals surface area contributed by atoms with Crippen molar-refractivity contribution in [1.82, 2.24) is 9.80 Å². The van der Waals surface area contributed by atoms with Gasteiger partial charge in [-0.15, -0.1) is 0 Å². The molecule has 2 atom stereocenters. The summed E-state index contributed by atoms with van der Waals surface area (Å²) in [7, 11) is 0. The van der Waals surface area contributed by atoms with E-state index in [-0.39, 0.29) is 22.2 Å². The maximum atomic E-state index is 2.83. The molecule has 5 rings (SSSR count). The van der Waals surface area contributed by atoms with Gasteiger partial charge in [-0.1, -0.05) is 91.9 Å². The molecule has 0 aromatic heterocycles. The fourth-order valence-corrected chi connectivity index (χ4v) is 8.12. The zero-order valence-electron chi connectivity index (χ0n) is 24.8. The van der Waals surface area contributed by atoms with E-state index in [4.69, 9.17) is 0 Å². The molecule has 2 saturated heterocycles. The van der Waals surface area contributed by atoms with Gasteiger partial charge in [0.05, 0.1) is 5.54 Å². The van der Waals surface area contributed by atoms with Crippen LogP contribution in [0.25, 0.3) is 0 Å². The van der Waals surface area contributed by atoms with Crippen molar-refractivity contribution in [3.05, 3.63) is 107 Å². The van der Waals surface area contributed by atoms with Gasteiger partial charge < -0.3 is 0 Å². The molecule has 2 aliphatic heterocycles. The molecule has 0 saturated carbocycles. The second kappa shape index (κ2) is 9.96. The third-order valence-electron chi connectivity index (χ3n) is 9.44. The fourth-order valence-electron chi connectivity index (χ4n) is 8.12. The molecule has 2 unspecified atom stereocenters. The standard InChI is InChI=1S/C36H48N2/c1-8-35(25-15-27-37(35)33(2,3)4)29-22-20-28(21-23-29)32-24-26-36(38(32)34(5,6)7,30-16-11-9-12-17-30)31-18-13-10-14-19-31/h9-14,16-23,32H,8,15,24-27H2,1-7H3. The van der Waals surface area contributed by atoms with E-state index in [1.165, 1.54) is 41.6 Å². The molecule has 0 N–H and O–H groups in total. The van der Waals surface area contributed by atoms with Gasteiger partial charge in [-0.3, -0.25) is 9.80 Å². The van der Waals surface area contributed by atoms with Crippen LogP contribution in [-0.4, -0.2) is 27.4 Å². The van der Waals surface area contributed by atoms with Crippen molar-refractivity contribution in [1.29, 1.82) is 0 Å². The molecular weight excluding hydrogens is 460 g/mol. The molecule has 2 heterocycles. The monoisotopic (exact) mass is 508 g/mol. The fraction of sp³-hybridized carbons (Fsp3) is 0.500. The van der Waals surface area contributed by atoms with Gasteiger partial charge in [-0.2, -0.15) is 0 Å². The first-order valence-corrected chi connectivity index (χ1v) is 14.8. The summed E-state index contributed by atoms with van der Waals surface area (Å²) in [6.45, 7) is 17.9. The Morgan fingerprint density at radius 1 is 0.684 bits per heavy atom. The van der Waals surface area contributed by atoms with Crippen LogP contribution in [0.4, 0.5) is 0 Å². The highest BCUT2D eigenvalue weighted by atomic mass is 15.3. The third-order valence-corrected chi connectivity index (χ3v) is 9.44. The molecule has 2 fully saturated rings. The minimum Gasteiger partial charge on any atom is -0.289 e. The maximum Gasteiger partial charge on any atom is 0.0725 e. The SMILES string of the molecule is CCC1(c2ccc(C3CCC(c4ccccc4)(c4ccccc4)N3C(C)(C)C)cc2)CCCN1C(C)(C)C. The van der Waals surface area contributed by atoms with Gasteiger partial charge in [0.1, 0.15) is 0 Å². The van der Waals surface area contributed by atoms with Gasteiger partial charge in [-0.05, 0) is 102 Å². The minimum absolute atomic E-state index is 0.00928. The van der Waals surface area contributed by atoms with Gasteiger partial charge in [-0.25, -0.2) is 0 Å². The molecular formula is C36H48N2. The third kappa shape index (κ3) is 4.44. The van der Waals surface area contributed by atoms with E-state index >= 15 is 0 Å². The first-order valence-electron chi connectivity index (χ1n) is 14.8. The van der Waals surface area contributed by atoms with Crippen molar-refractivity contribution in [2.45, 2.75) is 109 Å². The molecule has 202 valence electrons. The van der Waals surface area contributed by atoms with Gasteiger partial charge in [0.2, 0.25) is 0 Å².